The Balaban J connectivity index is 1.49. The number of urea groups is 1. The smallest absolute Gasteiger partial charge is 0.315 e. The highest BCUT2D eigenvalue weighted by molar-refractivity contribution is 5.74. The minimum absolute atomic E-state index is 0.0760. The average molecular weight is 392 g/mol. The van der Waals surface area contributed by atoms with Crippen molar-refractivity contribution in [1.82, 2.24) is 25.3 Å². The lowest BCUT2D eigenvalue weighted by molar-refractivity contribution is -0.0602. The molecule has 28 heavy (non-hydrogen) atoms. The first-order valence-corrected chi connectivity index (χ1v) is 10.8. The first kappa shape index (κ1) is 21.1. The van der Waals surface area contributed by atoms with Crippen molar-refractivity contribution < 1.29 is 9.53 Å². The van der Waals surface area contributed by atoms with Gasteiger partial charge in [0.15, 0.2) is 0 Å². The van der Waals surface area contributed by atoms with Gasteiger partial charge >= 0.3 is 6.03 Å². The molecule has 1 saturated carbocycles. The van der Waals surface area contributed by atoms with Gasteiger partial charge < -0.3 is 15.4 Å². The molecule has 0 unspecified atom stereocenters. The number of likely N-dealkylation sites (N-methyl/N-ethyl adjacent to an activating group) is 1. The number of hydrogen-bond acceptors (Lipinski definition) is 4. The number of ether oxygens (including phenoxy) is 1. The summed E-state index contributed by atoms with van der Waals surface area (Å²) in [6.07, 6.45) is 10.9. The Labute approximate surface area is 169 Å². The third-order valence-corrected chi connectivity index (χ3v) is 7.01. The second-order valence-electron chi connectivity index (χ2n) is 8.62. The fourth-order valence-corrected chi connectivity index (χ4v) is 4.86. The Morgan fingerprint density at radius 2 is 2.00 bits per heavy atom. The van der Waals surface area contributed by atoms with E-state index >= 15 is 0 Å². The summed E-state index contributed by atoms with van der Waals surface area (Å²) in [5, 5.41) is 10.5. The Bertz CT molecular complexity index is 632. The zero-order chi connectivity index (χ0) is 20.1. The highest BCUT2D eigenvalue weighted by Gasteiger charge is 2.34. The molecule has 2 heterocycles. The zero-order valence-electron chi connectivity index (χ0n) is 17.9. The maximum atomic E-state index is 12.5. The SMILES string of the molecule is CCC1(CC)CCC(NC(=O)NC[C@@H]2OCCN(C)[C@H]2c2cnn(C)c2)CC1. The number of nitrogens with zero attached hydrogens (tertiary/aromatic N) is 3. The third-order valence-electron chi connectivity index (χ3n) is 7.01. The van der Waals surface area contributed by atoms with Gasteiger partial charge in [-0.2, -0.15) is 5.10 Å². The number of hydrogen-bond donors (Lipinski definition) is 2. The molecule has 1 saturated heterocycles. The van der Waals surface area contributed by atoms with Gasteiger partial charge in [-0.1, -0.05) is 26.7 Å². The van der Waals surface area contributed by atoms with Gasteiger partial charge in [0.2, 0.25) is 0 Å². The molecular weight excluding hydrogens is 354 g/mol. The van der Waals surface area contributed by atoms with Crippen LogP contribution in [0.5, 0.6) is 0 Å². The minimum Gasteiger partial charge on any atom is -0.373 e. The Kier molecular flexibility index (Phi) is 6.99. The van der Waals surface area contributed by atoms with Crippen LogP contribution in [0.4, 0.5) is 4.79 Å². The van der Waals surface area contributed by atoms with Crippen LogP contribution in [-0.4, -0.2) is 59.6 Å². The molecule has 7 heteroatoms. The van der Waals surface area contributed by atoms with Crippen molar-refractivity contribution in [3.05, 3.63) is 18.0 Å². The zero-order valence-corrected chi connectivity index (χ0v) is 17.9. The number of amides is 2. The maximum Gasteiger partial charge on any atom is 0.315 e. The van der Waals surface area contributed by atoms with Gasteiger partial charge in [-0.15, -0.1) is 0 Å². The molecule has 158 valence electrons. The molecule has 2 amide bonds. The molecule has 2 aliphatic rings. The van der Waals surface area contributed by atoms with Crippen molar-refractivity contribution in [2.24, 2.45) is 12.5 Å². The number of nitrogens with one attached hydrogen (secondary N) is 2. The van der Waals surface area contributed by atoms with Crippen LogP contribution >= 0.6 is 0 Å². The van der Waals surface area contributed by atoms with Crippen LogP contribution < -0.4 is 10.6 Å². The first-order chi connectivity index (χ1) is 13.5. The maximum absolute atomic E-state index is 12.5. The summed E-state index contributed by atoms with van der Waals surface area (Å²) in [5.74, 6) is 0. The van der Waals surface area contributed by atoms with Crippen molar-refractivity contribution in [3.63, 3.8) is 0 Å². The largest absolute Gasteiger partial charge is 0.373 e. The normalized spacial score (nSPS) is 26.1. The Morgan fingerprint density at radius 3 is 2.61 bits per heavy atom. The van der Waals surface area contributed by atoms with E-state index in [1.165, 1.54) is 25.7 Å². The van der Waals surface area contributed by atoms with E-state index in [9.17, 15) is 4.79 Å². The average Bonchev–Trinajstić information content (AvgIpc) is 3.13. The van der Waals surface area contributed by atoms with Gasteiger partial charge in [-0.05, 0) is 38.1 Å². The van der Waals surface area contributed by atoms with E-state index in [1.54, 1.807) is 0 Å². The Morgan fingerprint density at radius 1 is 1.29 bits per heavy atom. The molecule has 2 atom stereocenters. The lowest BCUT2D eigenvalue weighted by atomic mass is 9.69. The van der Waals surface area contributed by atoms with Crippen molar-refractivity contribution >= 4 is 6.03 Å². The van der Waals surface area contributed by atoms with Crippen LogP contribution in [0.3, 0.4) is 0 Å². The first-order valence-electron chi connectivity index (χ1n) is 10.8. The summed E-state index contributed by atoms with van der Waals surface area (Å²) in [4.78, 5) is 14.8. The lowest BCUT2D eigenvalue weighted by Gasteiger charge is -2.40. The molecule has 1 aromatic rings. The molecule has 2 N–H and O–H groups in total. The van der Waals surface area contributed by atoms with E-state index in [-0.39, 0.29) is 24.2 Å². The number of carbonyl (C=O) groups is 1. The summed E-state index contributed by atoms with van der Waals surface area (Å²) in [6.45, 7) is 6.64. The van der Waals surface area contributed by atoms with Crippen molar-refractivity contribution in [3.8, 4) is 0 Å². The molecule has 0 radical (unpaired) electrons. The van der Waals surface area contributed by atoms with Crippen LogP contribution in [0.25, 0.3) is 0 Å². The highest BCUT2D eigenvalue weighted by Crippen LogP contribution is 2.41. The van der Waals surface area contributed by atoms with E-state index < -0.39 is 0 Å². The summed E-state index contributed by atoms with van der Waals surface area (Å²) in [5.41, 5.74) is 1.62. The van der Waals surface area contributed by atoms with E-state index in [1.807, 2.05) is 24.1 Å². The predicted octanol–water partition coefficient (Wildman–Crippen LogP) is 2.84. The summed E-state index contributed by atoms with van der Waals surface area (Å²) in [7, 11) is 4.02. The van der Waals surface area contributed by atoms with Crippen LogP contribution in [0, 0.1) is 5.41 Å². The standard InChI is InChI=1S/C21H37N5O2/c1-5-21(6-2)9-7-17(8-10-21)24-20(27)22-14-18-19(25(3)11-12-28-18)16-13-23-26(4)15-16/h13,15,17-19H,5-12,14H2,1-4H3,(H2,22,24,27)/t18-,19-/m0/s1. The van der Waals surface area contributed by atoms with Crippen LogP contribution in [0.2, 0.25) is 0 Å². The molecule has 3 rings (SSSR count). The summed E-state index contributed by atoms with van der Waals surface area (Å²) in [6, 6.07) is 0.315. The molecule has 0 bridgehead atoms. The van der Waals surface area contributed by atoms with E-state index in [4.69, 9.17) is 4.74 Å². The monoisotopic (exact) mass is 391 g/mol. The van der Waals surface area contributed by atoms with Gasteiger partial charge in [0.05, 0.1) is 24.9 Å². The number of aromatic nitrogens is 2. The number of aryl methyl sites for hydroxylation is 1. The minimum atomic E-state index is -0.0766. The van der Waals surface area contributed by atoms with Gasteiger partial charge in [-0.3, -0.25) is 9.58 Å². The second kappa shape index (κ2) is 9.27. The molecule has 1 aromatic heterocycles. The molecule has 2 fully saturated rings. The van der Waals surface area contributed by atoms with Gasteiger partial charge in [0.25, 0.3) is 0 Å². The summed E-state index contributed by atoms with van der Waals surface area (Å²) < 4.78 is 7.81. The second-order valence-corrected chi connectivity index (χ2v) is 8.62. The molecular formula is C21H37N5O2. The van der Waals surface area contributed by atoms with Gasteiger partial charge in [0.1, 0.15) is 0 Å². The third kappa shape index (κ3) is 4.87. The van der Waals surface area contributed by atoms with E-state index in [2.05, 4.69) is 41.5 Å². The van der Waals surface area contributed by atoms with E-state index in [0.717, 1.165) is 24.9 Å². The lowest BCUT2D eigenvalue weighted by Crippen LogP contribution is -2.51. The molecule has 0 aromatic carbocycles. The fourth-order valence-electron chi connectivity index (χ4n) is 4.86. The molecule has 1 aliphatic heterocycles. The number of rotatable bonds is 6. The number of morpholine rings is 1. The van der Waals surface area contributed by atoms with Crippen molar-refractivity contribution in [2.45, 2.75) is 70.6 Å². The molecule has 1 aliphatic carbocycles. The quantitative estimate of drug-likeness (QED) is 0.782. The number of carbonyl (C=O) groups excluding carboxylic acids is 1. The van der Waals surface area contributed by atoms with E-state index in [0.29, 0.717) is 18.6 Å². The van der Waals surface area contributed by atoms with Gasteiger partial charge in [0, 0.05) is 37.9 Å². The molecule has 0 spiro atoms. The Hall–Kier alpha value is -1.60. The van der Waals surface area contributed by atoms with Crippen LogP contribution in [0.1, 0.15) is 64.0 Å². The highest BCUT2D eigenvalue weighted by atomic mass is 16.5. The summed E-state index contributed by atoms with van der Waals surface area (Å²) >= 11 is 0. The predicted molar refractivity (Wildman–Crippen MR) is 110 cm³/mol. The van der Waals surface area contributed by atoms with Gasteiger partial charge in [-0.25, -0.2) is 4.79 Å². The molecule has 7 nitrogen and oxygen atoms in total. The van der Waals surface area contributed by atoms with Crippen molar-refractivity contribution in [1.29, 1.82) is 0 Å². The van der Waals surface area contributed by atoms with Crippen LogP contribution in [-0.2, 0) is 11.8 Å². The van der Waals surface area contributed by atoms with Crippen molar-refractivity contribution in [2.75, 3.05) is 26.7 Å². The van der Waals surface area contributed by atoms with Crippen LogP contribution in [0.15, 0.2) is 12.4 Å². The topological polar surface area (TPSA) is 71.4 Å². The fraction of sp³-hybridized carbons (Fsp3) is 0.810.